The lowest BCUT2D eigenvalue weighted by molar-refractivity contribution is 0.0683. The zero-order valence-electron chi connectivity index (χ0n) is 17.5. The molecule has 0 aromatic heterocycles. The molecule has 34 heavy (non-hydrogen) atoms. The molecule has 0 heterocycles. The monoisotopic (exact) mass is 458 g/mol. The van der Waals surface area contributed by atoms with E-state index in [1.54, 1.807) is 36.4 Å². The predicted octanol–water partition coefficient (Wildman–Crippen LogP) is 5.75. The minimum Gasteiger partial charge on any atom is -0.504 e. The molecule has 4 aromatic rings. The van der Waals surface area contributed by atoms with Crippen molar-refractivity contribution in [1.29, 1.82) is 0 Å². The van der Waals surface area contributed by atoms with Crippen molar-refractivity contribution in [3.8, 4) is 45.6 Å². The third-order valence-corrected chi connectivity index (χ3v) is 4.93. The van der Waals surface area contributed by atoms with Crippen molar-refractivity contribution in [1.82, 2.24) is 0 Å². The fourth-order valence-electron chi connectivity index (χ4n) is 3.27. The van der Waals surface area contributed by atoms with Crippen LogP contribution in [-0.2, 0) is 0 Å². The molecule has 0 aliphatic rings. The van der Waals surface area contributed by atoms with Gasteiger partial charge in [0.25, 0.3) is 0 Å². The largest absolute Gasteiger partial charge is 0.504 e. The molecule has 170 valence electrons. The number of ether oxygens (including phenoxy) is 2. The molecule has 0 bridgehead atoms. The second-order valence-electron chi connectivity index (χ2n) is 7.17. The fraction of sp³-hybridized carbons (Fsp3) is 0. The van der Waals surface area contributed by atoms with Crippen molar-refractivity contribution < 1.29 is 39.5 Å². The summed E-state index contributed by atoms with van der Waals surface area (Å²) in [4.78, 5) is 22.7. The summed E-state index contributed by atoms with van der Waals surface area (Å²) in [5.74, 6) is -2.48. The Morgan fingerprint density at radius 3 is 1.26 bits per heavy atom. The van der Waals surface area contributed by atoms with Crippen LogP contribution in [0.3, 0.4) is 0 Å². The van der Waals surface area contributed by atoms with Gasteiger partial charge in [-0.15, -0.1) is 0 Å². The first-order valence-corrected chi connectivity index (χ1v) is 10.00. The molecule has 8 heteroatoms. The lowest BCUT2D eigenvalue weighted by Gasteiger charge is -2.13. The topological polar surface area (TPSA) is 134 Å². The minimum atomic E-state index is -1.16. The van der Waals surface area contributed by atoms with Gasteiger partial charge in [0.15, 0.2) is 23.0 Å². The SMILES string of the molecule is O=C(O)c1ccccc1Oc1ccc(-c2ccc(Oc3ccccc3C(=O)O)c(O)c2)cc1O. The maximum absolute atomic E-state index is 11.4. The molecule has 0 unspecified atom stereocenters. The molecule has 0 spiro atoms. The number of benzene rings is 4. The van der Waals surface area contributed by atoms with Crippen LogP contribution in [0.1, 0.15) is 20.7 Å². The quantitative estimate of drug-likeness (QED) is 0.275. The summed E-state index contributed by atoms with van der Waals surface area (Å²) in [6.07, 6.45) is 0. The predicted molar refractivity (Wildman–Crippen MR) is 122 cm³/mol. The number of carbonyl (C=O) groups is 2. The van der Waals surface area contributed by atoms with Crippen molar-refractivity contribution in [2.45, 2.75) is 0 Å². The number of rotatable bonds is 7. The lowest BCUT2D eigenvalue weighted by atomic mass is 10.0. The molecule has 0 aliphatic heterocycles. The van der Waals surface area contributed by atoms with E-state index in [1.807, 2.05) is 0 Å². The van der Waals surface area contributed by atoms with E-state index in [-0.39, 0.29) is 45.6 Å². The van der Waals surface area contributed by atoms with Crippen LogP contribution in [0.5, 0.6) is 34.5 Å². The van der Waals surface area contributed by atoms with Crippen molar-refractivity contribution in [3.05, 3.63) is 96.1 Å². The first kappa shape index (κ1) is 22.2. The van der Waals surface area contributed by atoms with Crippen LogP contribution in [0.4, 0.5) is 0 Å². The highest BCUT2D eigenvalue weighted by molar-refractivity contribution is 5.91. The normalized spacial score (nSPS) is 10.5. The van der Waals surface area contributed by atoms with E-state index in [2.05, 4.69) is 0 Å². The number of phenols is 2. The van der Waals surface area contributed by atoms with Gasteiger partial charge in [-0.05, 0) is 59.7 Å². The minimum absolute atomic E-state index is 0.0454. The van der Waals surface area contributed by atoms with E-state index in [1.165, 1.54) is 48.5 Å². The molecule has 0 radical (unpaired) electrons. The number of carboxylic acid groups (broad SMARTS) is 2. The highest BCUT2D eigenvalue weighted by atomic mass is 16.5. The van der Waals surface area contributed by atoms with Crippen molar-refractivity contribution in [2.24, 2.45) is 0 Å². The van der Waals surface area contributed by atoms with Gasteiger partial charge in [0, 0.05) is 0 Å². The van der Waals surface area contributed by atoms with Crippen LogP contribution in [0.25, 0.3) is 11.1 Å². The summed E-state index contributed by atoms with van der Waals surface area (Å²) >= 11 is 0. The smallest absolute Gasteiger partial charge is 0.339 e. The summed E-state index contributed by atoms with van der Waals surface area (Å²) in [7, 11) is 0. The Labute approximate surface area is 193 Å². The Kier molecular flexibility index (Phi) is 6.05. The van der Waals surface area contributed by atoms with E-state index >= 15 is 0 Å². The third-order valence-electron chi connectivity index (χ3n) is 4.93. The van der Waals surface area contributed by atoms with E-state index in [9.17, 15) is 30.0 Å². The molecule has 4 rings (SSSR count). The summed E-state index contributed by atoms with van der Waals surface area (Å²) in [5.41, 5.74) is 1.00. The van der Waals surface area contributed by atoms with Crippen LogP contribution >= 0.6 is 0 Å². The number of hydrogen-bond acceptors (Lipinski definition) is 6. The van der Waals surface area contributed by atoms with Crippen molar-refractivity contribution >= 4 is 11.9 Å². The van der Waals surface area contributed by atoms with Gasteiger partial charge >= 0.3 is 11.9 Å². The first-order valence-electron chi connectivity index (χ1n) is 10.00. The van der Waals surface area contributed by atoms with Crippen molar-refractivity contribution in [3.63, 3.8) is 0 Å². The summed E-state index contributed by atoms with van der Waals surface area (Å²) in [6.45, 7) is 0. The zero-order chi connectivity index (χ0) is 24.2. The summed E-state index contributed by atoms with van der Waals surface area (Å²) in [5, 5.41) is 39.4. The van der Waals surface area contributed by atoms with Gasteiger partial charge in [-0.2, -0.15) is 0 Å². The van der Waals surface area contributed by atoms with E-state index in [4.69, 9.17) is 9.47 Å². The molecule has 0 saturated carbocycles. The second kappa shape index (κ2) is 9.25. The van der Waals surface area contributed by atoms with E-state index in [0.29, 0.717) is 11.1 Å². The Balaban J connectivity index is 1.58. The fourth-order valence-corrected chi connectivity index (χ4v) is 3.27. The molecule has 0 amide bonds. The highest BCUT2D eigenvalue weighted by Gasteiger charge is 2.16. The van der Waals surface area contributed by atoms with Gasteiger partial charge in [0.2, 0.25) is 0 Å². The summed E-state index contributed by atoms with van der Waals surface area (Å²) < 4.78 is 11.2. The van der Waals surface area contributed by atoms with Gasteiger partial charge in [0.05, 0.1) is 0 Å². The number of phenolic OH excluding ortho intramolecular Hbond substituents is 2. The third kappa shape index (κ3) is 4.61. The van der Waals surface area contributed by atoms with Crippen LogP contribution in [0.2, 0.25) is 0 Å². The summed E-state index contributed by atoms with van der Waals surface area (Å²) in [6, 6.07) is 21.2. The number of aromatic hydroxyl groups is 2. The number of para-hydroxylation sites is 2. The van der Waals surface area contributed by atoms with E-state index < -0.39 is 11.9 Å². The first-order chi connectivity index (χ1) is 16.3. The Bertz CT molecular complexity index is 1290. The van der Waals surface area contributed by atoms with Gasteiger partial charge in [-0.3, -0.25) is 0 Å². The number of hydrogen-bond donors (Lipinski definition) is 4. The van der Waals surface area contributed by atoms with Gasteiger partial charge < -0.3 is 29.9 Å². The molecule has 0 saturated heterocycles. The van der Waals surface area contributed by atoms with Crippen LogP contribution < -0.4 is 9.47 Å². The molecular formula is C26H18O8. The standard InChI is InChI=1S/C26H18O8/c27-19-13-15(9-11-23(19)33-21-7-3-1-5-17(21)25(29)30)16-10-12-24(20(28)14-16)34-22-8-4-2-6-18(22)26(31)32/h1-14,27-28H,(H,29,30)(H,31,32). The molecule has 0 aliphatic carbocycles. The number of aromatic carboxylic acids is 2. The molecule has 4 N–H and O–H groups in total. The number of carboxylic acids is 2. The van der Waals surface area contributed by atoms with Gasteiger partial charge in [0.1, 0.15) is 22.6 Å². The van der Waals surface area contributed by atoms with Crippen molar-refractivity contribution in [2.75, 3.05) is 0 Å². The van der Waals surface area contributed by atoms with Gasteiger partial charge in [-0.1, -0.05) is 36.4 Å². The van der Waals surface area contributed by atoms with Crippen LogP contribution in [0.15, 0.2) is 84.9 Å². The molecule has 4 aromatic carbocycles. The molecule has 0 fully saturated rings. The second-order valence-corrected chi connectivity index (χ2v) is 7.17. The highest BCUT2D eigenvalue weighted by Crippen LogP contribution is 2.39. The van der Waals surface area contributed by atoms with Crippen LogP contribution in [0, 0.1) is 0 Å². The maximum Gasteiger partial charge on any atom is 0.339 e. The van der Waals surface area contributed by atoms with Crippen LogP contribution in [-0.4, -0.2) is 32.4 Å². The molecule has 0 atom stereocenters. The van der Waals surface area contributed by atoms with Gasteiger partial charge in [-0.25, -0.2) is 9.59 Å². The average molecular weight is 458 g/mol. The Morgan fingerprint density at radius 2 is 0.912 bits per heavy atom. The molecule has 8 nitrogen and oxygen atoms in total. The zero-order valence-corrected chi connectivity index (χ0v) is 17.5. The Hall–Kier alpha value is -4.98. The molecular weight excluding hydrogens is 440 g/mol. The Morgan fingerprint density at radius 1 is 0.529 bits per heavy atom. The maximum atomic E-state index is 11.4. The average Bonchev–Trinajstić information content (AvgIpc) is 2.82. The van der Waals surface area contributed by atoms with E-state index in [0.717, 1.165) is 0 Å². The lowest BCUT2D eigenvalue weighted by Crippen LogP contribution is -1.99.